The van der Waals surface area contributed by atoms with Crippen LogP contribution in [0.15, 0.2) is 18.5 Å². The SMILES string of the molecule is CCc1nn(C)cc1CNC(=O)c1cc(N)cnc1Cl. The zero-order chi connectivity index (χ0) is 14.7. The van der Waals surface area contributed by atoms with E-state index in [0.717, 1.165) is 17.7 Å². The molecular formula is C13H16ClN5O. The van der Waals surface area contributed by atoms with E-state index in [1.54, 1.807) is 4.68 Å². The van der Waals surface area contributed by atoms with Crippen molar-refractivity contribution in [2.24, 2.45) is 7.05 Å². The van der Waals surface area contributed by atoms with Gasteiger partial charge in [-0.3, -0.25) is 9.48 Å². The Morgan fingerprint density at radius 3 is 3.00 bits per heavy atom. The number of pyridine rings is 1. The number of amides is 1. The molecule has 0 aliphatic rings. The Morgan fingerprint density at radius 2 is 2.30 bits per heavy atom. The van der Waals surface area contributed by atoms with E-state index < -0.39 is 0 Å². The largest absolute Gasteiger partial charge is 0.397 e. The van der Waals surface area contributed by atoms with Gasteiger partial charge in [-0.2, -0.15) is 5.10 Å². The molecule has 3 N–H and O–H groups in total. The highest BCUT2D eigenvalue weighted by Crippen LogP contribution is 2.15. The fourth-order valence-corrected chi connectivity index (χ4v) is 2.11. The Hall–Kier alpha value is -2.08. The Labute approximate surface area is 121 Å². The van der Waals surface area contributed by atoms with Gasteiger partial charge in [0.1, 0.15) is 5.15 Å². The molecule has 0 aliphatic carbocycles. The number of rotatable bonds is 4. The van der Waals surface area contributed by atoms with Gasteiger partial charge in [0.25, 0.3) is 5.91 Å². The van der Waals surface area contributed by atoms with Gasteiger partial charge < -0.3 is 11.1 Å². The maximum absolute atomic E-state index is 12.1. The first-order valence-corrected chi connectivity index (χ1v) is 6.59. The molecule has 0 saturated heterocycles. The second-order valence-electron chi connectivity index (χ2n) is 4.42. The van der Waals surface area contributed by atoms with Crippen molar-refractivity contribution in [2.75, 3.05) is 5.73 Å². The average Bonchev–Trinajstić information content (AvgIpc) is 2.79. The van der Waals surface area contributed by atoms with Crippen molar-refractivity contribution in [1.82, 2.24) is 20.1 Å². The lowest BCUT2D eigenvalue weighted by Crippen LogP contribution is -2.23. The zero-order valence-corrected chi connectivity index (χ0v) is 12.1. The molecule has 6 nitrogen and oxygen atoms in total. The summed E-state index contributed by atoms with van der Waals surface area (Å²) in [5.74, 6) is -0.305. The van der Waals surface area contributed by atoms with Crippen LogP contribution in [0.3, 0.4) is 0 Å². The van der Waals surface area contributed by atoms with E-state index in [1.165, 1.54) is 12.3 Å². The first-order chi connectivity index (χ1) is 9.51. The molecule has 0 bridgehead atoms. The van der Waals surface area contributed by atoms with Gasteiger partial charge in [0, 0.05) is 25.4 Å². The molecule has 0 atom stereocenters. The van der Waals surface area contributed by atoms with Crippen LogP contribution < -0.4 is 11.1 Å². The molecule has 0 aliphatic heterocycles. The number of carbonyl (C=O) groups is 1. The number of nitrogens with one attached hydrogen (secondary N) is 1. The van der Waals surface area contributed by atoms with Crippen LogP contribution in [0, 0.1) is 0 Å². The first-order valence-electron chi connectivity index (χ1n) is 6.22. The number of aromatic nitrogens is 3. The number of hydrogen-bond acceptors (Lipinski definition) is 4. The lowest BCUT2D eigenvalue weighted by atomic mass is 10.2. The van der Waals surface area contributed by atoms with Crippen LogP contribution in [0.25, 0.3) is 0 Å². The number of carbonyl (C=O) groups excluding carboxylic acids is 1. The number of halogens is 1. The van der Waals surface area contributed by atoms with Crippen molar-refractivity contribution < 1.29 is 4.79 Å². The normalized spacial score (nSPS) is 10.6. The molecule has 2 aromatic rings. The predicted molar refractivity (Wildman–Crippen MR) is 77.4 cm³/mol. The van der Waals surface area contributed by atoms with Crippen molar-refractivity contribution in [3.8, 4) is 0 Å². The zero-order valence-electron chi connectivity index (χ0n) is 11.4. The summed E-state index contributed by atoms with van der Waals surface area (Å²) in [6.07, 6.45) is 4.11. The summed E-state index contributed by atoms with van der Waals surface area (Å²) in [5, 5.41) is 7.26. The van der Waals surface area contributed by atoms with Gasteiger partial charge in [-0.05, 0) is 12.5 Å². The predicted octanol–water partition coefficient (Wildman–Crippen LogP) is 1.54. The minimum absolute atomic E-state index is 0.138. The molecule has 20 heavy (non-hydrogen) atoms. The summed E-state index contributed by atoms with van der Waals surface area (Å²) in [4.78, 5) is 15.9. The molecule has 0 unspecified atom stereocenters. The highest BCUT2D eigenvalue weighted by Gasteiger charge is 2.13. The molecule has 0 fully saturated rings. The smallest absolute Gasteiger partial charge is 0.254 e. The fourth-order valence-electron chi connectivity index (χ4n) is 1.92. The third-order valence-corrected chi connectivity index (χ3v) is 3.17. The van der Waals surface area contributed by atoms with Crippen LogP contribution in [0.4, 0.5) is 5.69 Å². The summed E-state index contributed by atoms with van der Waals surface area (Å²) in [5.41, 5.74) is 8.22. The Kier molecular flexibility index (Phi) is 4.24. The van der Waals surface area contributed by atoms with Gasteiger partial charge >= 0.3 is 0 Å². The van der Waals surface area contributed by atoms with Crippen LogP contribution in [-0.2, 0) is 20.0 Å². The number of aryl methyl sites for hydroxylation is 2. The van der Waals surface area contributed by atoms with E-state index in [2.05, 4.69) is 15.4 Å². The van der Waals surface area contributed by atoms with Crippen LogP contribution in [0.1, 0.15) is 28.5 Å². The summed E-state index contributed by atoms with van der Waals surface area (Å²) in [6, 6.07) is 1.51. The highest BCUT2D eigenvalue weighted by molar-refractivity contribution is 6.32. The summed E-state index contributed by atoms with van der Waals surface area (Å²) < 4.78 is 1.73. The Balaban J connectivity index is 2.10. The maximum atomic E-state index is 12.1. The van der Waals surface area contributed by atoms with Crippen molar-refractivity contribution in [3.63, 3.8) is 0 Å². The first kappa shape index (κ1) is 14.3. The lowest BCUT2D eigenvalue weighted by molar-refractivity contribution is 0.0950. The number of hydrogen-bond donors (Lipinski definition) is 2. The van der Waals surface area contributed by atoms with E-state index >= 15 is 0 Å². The third-order valence-electron chi connectivity index (χ3n) is 2.87. The average molecular weight is 294 g/mol. The molecule has 1 amide bonds. The van der Waals surface area contributed by atoms with Crippen LogP contribution in [-0.4, -0.2) is 20.7 Å². The maximum Gasteiger partial charge on any atom is 0.254 e. The van der Waals surface area contributed by atoms with Crippen LogP contribution in [0.2, 0.25) is 5.15 Å². The molecular weight excluding hydrogens is 278 g/mol. The third kappa shape index (κ3) is 3.08. The van der Waals surface area contributed by atoms with Crippen LogP contribution in [0.5, 0.6) is 0 Å². The molecule has 2 heterocycles. The van der Waals surface area contributed by atoms with Gasteiger partial charge in [-0.15, -0.1) is 0 Å². The summed E-state index contributed by atoms with van der Waals surface area (Å²) in [6.45, 7) is 2.41. The highest BCUT2D eigenvalue weighted by atomic mass is 35.5. The monoisotopic (exact) mass is 293 g/mol. The van der Waals surface area contributed by atoms with Gasteiger partial charge in [0.2, 0.25) is 0 Å². The molecule has 2 rings (SSSR count). The van der Waals surface area contributed by atoms with Gasteiger partial charge in [0.05, 0.1) is 23.1 Å². The molecule has 2 aromatic heterocycles. The molecule has 7 heteroatoms. The minimum atomic E-state index is -0.305. The Morgan fingerprint density at radius 1 is 1.55 bits per heavy atom. The lowest BCUT2D eigenvalue weighted by Gasteiger charge is -2.06. The number of nitrogens with two attached hydrogens (primary N) is 1. The van der Waals surface area contributed by atoms with Crippen molar-refractivity contribution >= 4 is 23.2 Å². The topological polar surface area (TPSA) is 85.8 Å². The van der Waals surface area contributed by atoms with Crippen molar-refractivity contribution in [1.29, 1.82) is 0 Å². The molecule has 0 radical (unpaired) electrons. The van der Waals surface area contributed by atoms with Crippen molar-refractivity contribution in [2.45, 2.75) is 19.9 Å². The van der Waals surface area contributed by atoms with Gasteiger partial charge in [-0.1, -0.05) is 18.5 Å². The number of nitrogens with zero attached hydrogens (tertiary/aromatic N) is 3. The Bertz CT molecular complexity index is 638. The fraction of sp³-hybridized carbons (Fsp3) is 0.308. The second kappa shape index (κ2) is 5.92. The molecule has 0 spiro atoms. The van der Waals surface area contributed by atoms with E-state index in [1.807, 2.05) is 20.2 Å². The molecule has 106 valence electrons. The number of nitrogen functional groups attached to an aromatic ring is 1. The van der Waals surface area contributed by atoms with E-state index in [4.69, 9.17) is 17.3 Å². The van der Waals surface area contributed by atoms with E-state index in [9.17, 15) is 4.79 Å². The van der Waals surface area contributed by atoms with E-state index in [0.29, 0.717) is 12.2 Å². The number of anilines is 1. The minimum Gasteiger partial charge on any atom is -0.397 e. The standard InChI is InChI=1S/C13H16ClN5O/c1-3-11-8(7-19(2)18-11)5-17-13(20)10-4-9(15)6-16-12(10)14/h4,6-7H,3,5,15H2,1-2H3,(H,17,20). The van der Waals surface area contributed by atoms with Gasteiger partial charge in [-0.25, -0.2) is 4.98 Å². The van der Waals surface area contributed by atoms with Crippen LogP contribution >= 0.6 is 11.6 Å². The van der Waals surface area contributed by atoms with Gasteiger partial charge in [0.15, 0.2) is 0 Å². The summed E-state index contributed by atoms with van der Waals surface area (Å²) >= 11 is 5.89. The molecule has 0 aromatic carbocycles. The van der Waals surface area contributed by atoms with Crippen molar-refractivity contribution in [3.05, 3.63) is 40.4 Å². The summed E-state index contributed by atoms with van der Waals surface area (Å²) in [7, 11) is 1.85. The van der Waals surface area contributed by atoms with E-state index in [-0.39, 0.29) is 16.6 Å². The molecule has 0 saturated carbocycles. The quantitative estimate of drug-likeness (QED) is 0.837. The second-order valence-corrected chi connectivity index (χ2v) is 4.78.